The Bertz CT molecular complexity index is 1270. The lowest BCUT2D eigenvalue weighted by Crippen LogP contribution is -2.41. The SMILES string of the molecule is Cl.O=C(NCC(=O)N1CCCNCC1)c1ccc(S(=O)(=O)N(Oc2ccccc2)c2ccccc2)cc1. The van der Waals surface area contributed by atoms with Gasteiger partial charge in [0.05, 0.1) is 17.1 Å². The molecule has 0 aromatic heterocycles. The lowest BCUT2D eigenvalue weighted by molar-refractivity contribution is -0.129. The summed E-state index contributed by atoms with van der Waals surface area (Å²) >= 11 is 0. The monoisotopic (exact) mass is 544 g/mol. The van der Waals surface area contributed by atoms with Crippen molar-refractivity contribution < 1.29 is 22.8 Å². The number of rotatable bonds is 8. The van der Waals surface area contributed by atoms with E-state index in [1.165, 1.54) is 24.3 Å². The van der Waals surface area contributed by atoms with Crippen LogP contribution in [0.25, 0.3) is 0 Å². The number of amides is 2. The lowest BCUT2D eigenvalue weighted by atomic mass is 10.2. The molecule has 0 radical (unpaired) electrons. The number of nitrogens with zero attached hydrogens (tertiary/aromatic N) is 2. The van der Waals surface area contributed by atoms with Gasteiger partial charge in [-0.15, -0.1) is 12.4 Å². The maximum absolute atomic E-state index is 13.5. The third kappa shape index (κ3) is 7.22. The maximum Gasteiger partial charge on any atom is 0.295 e. The molecule has 1 aliphatic heterocycles. The summed E-state index contributed by atoms with van der Waals surface area (Å²) in [4.78, 5) is 32.4. The first-order chi connectivity index (χ1) is 17.4. The molecule has 0 saturated carbocycles. The lowest BCUT2D eigenvalue weighted by Gasteiger charge is -2.24. The molecule has 196 valence electrons. The standard InChI is InChI=1S/C26H28N4O5S.ClH/c31-25(29-18-7-16-27-17-19-29)20-28-26(32)21-12-14-24(15-13-21)36(33,34)30(22-8-3-1-4-9-22)35-23-10-5-2-6-11-23;/h1-6,8-15,27H,7,16-20H2,(H,28,32);1H. The number of para-hydroxylation sites is 2. The highest BCUT2D eigenvalue weighted by Gasteiger charge is 2.28. The molecule has 1 heterocycles. The van der Waals surface area contributed by atoms with E-state index in [1.54, 1.807) is 65.6 Å². The van der Waals surface area contributed by atoms with E-state index in [9.17, 15) is 18.0 Å². The van der Waals surface area contributed by atoms with Crippen LogP contribution in [-0.2, 0) is 14.8 Å². The fraction of sp³-hybridized carbons (Fsp3) is 0.231. The van der Waals surface area contributed by atoms with Crippen LogP contribution in [0.15, 0.2) is 89.8 Å². The third-order valence-electron chi connectivity index (χ3n) is 5.62. The molecule has 0 unspecified atom stereocenters. The summed E-state index contributed by atoms with van der Waals surface area (Å²) in [7, 11) is -4.13. The molecule has 11 heteroatoms. The fourth-order valence-corrected chi connectivity index (χ4v) is 4.96. The van der Waals surface area contributed by atoms with Gasteiger partial charge in [0, 0.05) is 25.2 Å². The third-order valence-corrected chi connectivity index (χ3v) is 7.21. The summed E-state index contributed by atoms with van der Waals surface area (Å²) in [6, 6.07) is 22.6. The first kappa shape index (κ1) is 28.0. The largest absolute Gasteiger partial charge is 0.364 e. The van der Waals surface area contributed by atoms with Crippen molar-refractivity contribution in [1.82, 2.24) is 15.5 Å². The summed E-state index contributed by atoms with van der Waals surface area (Å²) in [6.45, 7) is 2.72. The predicted molar refractivity (Wildman–Crippen MR) is 143 cm³/mol. The number of hydrogen-bond acceptors (Lipinski definition) is 6. The molecule has 0 spiro atoms. The van der Waals surface area contributed by atoms with E-state index >= 15 is 0 Å². The van der Waals surface area contributed by atoms with Crippen molar-refractivity contribution >= 4 is 39.9 Å². The van der Waals surface area contributed by atoms with Crippen molar-refractivity contribution in [3.05, 3.63) is 90.5 Å². The molecular formula is C26H29ClN4O5S. The first-order valence-electron chi connectivity index (χ1n) is 11.7. The minimum atomic E-state index is -4.13. The Morgan fingerprint density at radius 3 is 2.22 bits per heavy atom. The van der Waals surface area contributed by atoms with Gasteiger partial charge in [-0.2, -0.15) is 8.42 Å². The van der Waals surface area contributed by atoms with E-state index in [1.807, 2.05) is 0 Å². The van der Waals surface area contributed by atoms with E-state index in [2.05, 4.69) is 10.6 Å². The average Bonchev–Trinajstić information content (AvgIpc) is 3.21. The maximum atomic E-state index is 13.5. The molecule has 0 bridgehead atoms. The molecule has 37 heavy (non-hydrogen) atoms. The van der Waals surface area contributed by atoms with E-state index < -0.39 is 15.9 Å². The Kier molecular flexibility index (Phi) is 9.90. The van der Waals surface area contributed by atoms with Crippen LogP contribution in [0.3, 0.4) is 0 Å². The molecule has 0 atom stereocenters. The van der Waals surface area contributed by atoms with E-state index in [0.717, 1.165) is 24.0 Å². The van der Waals surface area contributed by atoms with Gasteiger partial charge in [-0.3, -0.25) is 9.59 Å². The average molecular weight is 545 g/mol. The zero-order valence-corrected chi connectivity index (χ0v) is 21.7. The molecule has 3 aromatic carbocycles. The van der Waals surface area contributed by atoms with E-state index in [4.69, 9.17) is 4.84 Å². The molecule has 9 nitrogen and oxygen atoms in total. The molecule has 4 rings (SSSR count). The molecular weight excluding hydrogens is 516 g/mol. The van der Waals surface area contributed by atoms with Gasteiger partial charge in [0.15, 0.2) is 5.75 Å². The van der Waals surface area contributed by atoms with E-state index in [0.29, 0.717) is 24.5 Å². The van der Waals surface area contributed by atoms with Crippen LogP contribution in [0, 0.1) is 0 Å². The topological polar surface area (TPSA) is 108 Å². The van der Waals surface area contributed by atoms with Crippen molar-refractivity contribution in [2.75, 3.05) is 37.2 Å². The summed E-state index contributed by atoms with van der Waals surface area (Å²) in [6.07, 6.45) is 0.865. The van der Waals surface area contributed by atoms with Gasteiger partial charge in [0.1, 0.15) is 0 Å². The normalized spacial score (nSPS) is 13.6. The summed E-state index contributed by atoms with van der Waals surface area (Å²) in [5.74, 6) is -0.255. The summed E-state index contributed by atoms with van der Waals surface area (Å²) in [5.41, 5.74) is 0.569. The highest BCUT2D eigenvalue weighted by Crippen LogP contribution is 2.26. The number of sulfonamides is 1. The number of carbonyl (C=O) groups excluding carboxylic acids is 2. The number of anilines is 1. The van der Waals surface area contributed by atoms with Gasteiger partial charge in [-0.25, -0.2) is 0 Å². The second kappa shape index (κ2) is 13.1. The van der Waals surface area contributed by atoms with Gasteiger partial charge in [-0.1, -0.05) is 40.9 Å². The zero-order valence-electron chi connectivity index (χ0n) is 20.1. The Labute approximate surface area is 222 Å². The first-order valence-corrected chi connectivity index (χ1v) is 13.1. The Morgan fingerprint density at radius 1 is 0.892 bits per heavy atom. The smallest absolute Gasteiger partial charge is 0.295 e. The molecule has 3 aromatic rings. The highest BCUT2D eigenvalue weighted by atomic mass is 35.5. The Balaban J connectivity index is 0.00000380. The molecule has 1 fully saturated rings. The van der Waals surface area contributed by atoms with Crippen LogP contribution in [0.5, 0.6) is 5.75 Å². The summed E-state index contributed by atoms with van der Waals surface area (Å²) in [5, 5.41) is 5.85. The quantitative estimate of drug-likeness (QED) is 0.422. The molecule has 1 saturated heterocycles. The van der Waals surface area contributed by atoms with E-state index in [-0.39, 0.29) is 35.3 Å². The number of halogens is 1. The number of nitrogens with one attached hydrogen (secondary N) is 2. The predicted octanol–water partition coefficient (Wildman–Crippen LogP) is 2.85. The van der Waals surface area contributed by atoms with Gasteiger partial charge >= 0.3 is 0 Å². The fourth-order valence-electron chi connectivity index (χ4n) is 3.71. The number of carbonyl (C=O) groups is 2. The second-order valence-corrected chi connectivity index (χ2v) is 9.92. The van der Waals surface area contributed by atoms with Crippen molar-refractivity contribution in [1.29, 1.82) is 0 Å². The molecule has 2 amide bonds. The zero-order chi connectivity index (χ0) is 25.4. The highest BCUT2D eigenvalue weighted by molar-refractivity contribution is 7.92. The number of hydrogen-bond donors (Lipinski definition) is 2. The van der Waals surface area contributed by atoms with Crippen molar-refractivity contribution in [3.63, 3.8) is 0 Å². The molecule has 0 aliphatic carbocycles. The Morgan fingerprint density at radius 2 is 1.54 bits per heavy atom. The van der Waals surface area contributed by atoms with Crippen LogP contribution < -0.4 is 19.9 Å². The van der Waals surface area contributed by atoms with Crippen molar-refractivity contribution in [2.45, 2.75) is 11.3 Å². The second-order valence-electron chi connectivity index (χ2n) is 8.16. The van der Waals surface area contributed by atoms with Crippen LogP contribution in [0.4, 0.5) is 5.69 Å². The van der Waals surface area contributed by atoms with Gasteiger partial charge in [0.25, 0.3) is 15.9 Å². The van der Waals surface area contributed by atoms with Crippen LogP contribution in [0.1, 0.15) is 16.8 Å². The van der Waals surface area contributed by atoms with Crippen LogP contribution >= 0.6 is 12.4 Å². The minimum Gasteiger partial charge on any atom is -0.364 e. The Hall–Kier alpha value is -3.60. The number of benzene rings is 3. The minimum absolute atomic E-state index is 0. The van der Waals surface area contributed by atoms with Crippen molar-refractivity contribution in [3.8, 4) is 5.75 Å². The van der Waals surface area contributed by atoms with Gasteiger partial charge in [-0.05, 0) is 61.5 Å². The van der Waals surface area contributed by atoms with Gasteiger partial charge < -0.3 is 20.4 Å². The van der Waals surface area contributed by atoms with Crippen molar-refractivity contribution in [2.24, 2.45) is 0 Å². The summed E-state index contributed by atoms with van der Waals surface area (Å²) < 4.78 is 27.8. The molecule has 1 aliphatic rings. The molecule has 2 N–H and O–H groups in total. The van der Waals surface area contributed by atoms with Gasteiger partial charge in [0.2, 0.25) is 5.91 Å². The van der Waals surface area contributed by atoms with Crippen LogP contribution in [-0.4, -0.2) is 57.9 Å². The van der Waals surface area contributed by atoms with Crippen LogP contribution in [0.2, 0.25) is 0 Å².